The van der Waals surface area contributed by atoms with Crippen LogP contribution in [0.1, 0.15) is 0 Å². The van der Waals surface area contributed by atoms with Crippen molar-refractivity contribution < 1.29 is 9.72 Å². The van der Waals surface area contributed by atoms with E-state index in [9.17, 15) is 14.9 Å². The van der Waals surface area contributed by atoms with Crippen molar-refractivity contribution in [3.05, 3.63) is 34.4 Å². The Labute approximate surface area is 140 Å². The SMILES string of the molecule is CN(C)C(=O)N[C@H](Sc1ccc([N+](=O)[O-])cc1)C(Cl)(Cl)Cl. The molecule has 0 saturated heterocycles. The van der Waals surface area contributed by atoms with Crippen LogP contribution in [0.5, 0.6) is 0 Å². The van der Waals surface area contributed by atoms with Crippen molar-refractivity contribution in [2.75, 3.05) is 14.1 Å². The van der Waals surface area contributed by atoms with Gasteiger partial charge in [-0.1, -0.05) is 46.6 Å². The lowest BCUT2D eigenvalue weighted by atomic mass is 10.3. The van der Waals surface area contributed by atoms with Gasteiger partial charge in [-0.3, -0.25) is 10.1 Å². The average molecular weight is 373 g/mol. The maximum Gasteiger partial charge on any atom is 0.317 e. The van der Waals surface area contributed by atoms with E-state index in [1.54, 1.807) is 14.1 Å². The van der Waals surface area contributed by atoms with Gasteiger partial charge in [-0.2, -0.15) is 0 Å². The molecule has 0 unspecified atom stereocenters. The van der Waals surface area contributed by atoms with Crippen molar-refractivity contribution in [2.45, 2.75) is 14.1 Å². The van der Waals surface area contributed by atoms with Gasteiger partial charge < -0.3 is 10.2 Å². The summed E-state index contributed by atoms with van der Waals surface area (Å²) in [4.78, 5) is 23.7. The number of carbonyl (C=O) groups is 1. The van der Waals surface area contributed by atoms with Crippen LogP contribution in [-0.2, 0) is 0 Å². The van der Waals surface area contributed by atoms with Crippen molar-refractivity contribution in [1.29, 1.82) is 0 Å². The van der Waals surface area contributed by atoms with Crippen molar-refractivity contribution in [2.24, 2.45) is 0 Å². The number of benzene rings is 1. The molecule has 0 heterocycles. The number of halogens is 3. The van der Waals surface area contributed by atoms with E-state index in [0.717, 1.165) is 11.8 Å². The highest BCUT2D eigenvalue weighted by atomic mass is 35.6. The number of nitrogens with zero attached hydrogens (tertiary/aromatic N) is 2. The summed E-state index contributed by atoms with van der Waals surface area (Å²) in [7, 11) is 3.11. The largest absolute Gasteiger partial charge is 0.331 e. The summed E-state index contributed by atoms with van der Waals surface area (Å²) < 4.78 is -1.74. The fourth-order valence-electron chi connectivity index (χ4n) is 1.20. The molecule has 0 aliphatic carbocycles. The van der Waals surface area contributed by atoms with E-state index in [4.69, 9.17) is 34.8 Å². The number of hydrogen-bond acceptors (Lipinski definition) is 4. The normalized spacial score (nSPS) is 12.6. The molecule has 0 spiro atoms. The molecule has 0 bridgehead atoms. The molecular weight excluding hydrogens is 361 g/mol. The van der Waals surface area contributed by atoms with E-state index in [-0.39, 0.29) is 5.69 Å². The van der Waals surface area contributed by atoms with E-state index in [1.807, 2.05) is 0 Å². The Morgan fingerprint density at radius 3 is 2.24 bits per heavy atom. The van der Waals surface area contributed by atoms with Gasteiger partial charge in [-0.05, 0) is 12.1 Å². The standard InChI is InChI=1S/C11H12Cl3N3O3S/c1-16(2)10(18)15-9(11(12,13)14)21-8-5-3-7(4-6-8)17(19)20/h3-6,9H,1-2H3,(H,15,18)/t9-/m1/s1. The summed E-state index contributed by atoms with van der Waals surface area (Å²) in [6, 6.07) is 5.31. The number of hydrogen-bond donors (Lipinski definition) is 1. The number of nitro groups is 1. The van der Waals surface area contributed by atoms with Crippen LogP contribution in [-0.4, -0.2) is 39.1 Å². The van der Waals surface area contributed by atoms with E-state index in [0.29, 0.717) is 4.90 Å². The molecular formula is C11H12Cl3N3O3S. The second-order valence-corrected chi connectivity index (χ2v) is 7.68. The third-order valence-electron chi connectivity index (χ3n) is 2.26. The molecule has 0 fully saturated rings. The van der Waals surface area contributed by atoms with Gasteiger partial charge in [0.15, 0.2) is 0 Å². The molecule has 0 aliphatic heterocycles. The zero-order valence-electron chi connectivity index (χ0n) is 11.0. The molecule has 6 nitrogen and oxygen atoms in total. The van der Waals surface area contributed by atoms with Gasteiger partial charge in [0.2, 0.25) is 3.79 Å². The third kappa shape index (κ3) is 5.78. The number of non-ortho nitro benzene ring substituents is 1. The topological polar surface area (TPSA) is 75.5 Å². The van der Waals surface area contributed by atoms with Crippen LogP contribution in [0.25, 0.3) is 0 Å². The molecule has 2 amide bonds. The summed E-state index contributed by atoms with van der Waals surface area (Å²) in [5.74, 6) is 0. The fourth-order valence-corrected chi connectivity index (χ4v) is 2.63. The minimum atomic E-state index is -1.74. The van der Waals surface area contributed by atoms with Gasteiger partial charge >= 0.3 is 6.03 Å². The molecule has 10 heteroatoms. The zero-order chi connectivity index (χ0) is 16.2. The predicted octanol–water partition coefficient (Wildman–Crippen LogP) is 3.65. The monoisotopic (exact) mass is 371 g/mol. The molecule has 1 aromatic carbocycles. The van der Waals surface area contributed by atoms with Gasteiger partial charge in [-0.25, -0.2) is 4.79 Å². The van der Waals surface area contributed by atoms with Crippen LogP contribution in [0, 0.1) is 10.1 Å². The Hall–Kier alpha value is -0.890. The number of nitro benzene ring substituents is 1. The summed E-state index contributed by atoms with van der Waals surface area (Å²) in [5, 5.41) is 12.3. The first kappa shape index (κ1) is 18.2. The molecule has 116 valence electrons. The second-order valence-electron chi connectivity index (χ2n) is 4.13. The highest BCUT2D eigenvalue weighted by Crippen LogP contribution is 2.39. The number of carbonyl (C=O) groups excluding carboxylic acids is 1. The molecule has 1 atom stereocenters. The number of nitrogens with one attached hydrogen (secondary N) is 1. The number of alkyl halides is 3. The predicted molar refractivity (Wildman–Crippen MR) is 85.3 cm³/mol. The first-order chi connectivity index (χ1) is 9.61. The minimum Gasteiger partial charge on any atom is -0.331 e. The van der Waals surface area contributed by atoms with Gasteiger partial charge in [0.25, 0.3) is 5.69 Å². The lowest BCUT2D eigenvalue weighted by Crippen LogP contribution is -2.45. The highest BCUT2D eigenvalue weighted by molar-refractivity contribution is 8.00. The van der Waals surface area contributed by atoms with Crippen molar-refractivity contribution in [3.8, 4) is 0 Å². The van der Waals surface area contributed by atoms with E-state index >= 15 is 0 Å². The average Bonchev–Trinajstić information content (AvgIpc) is 2.37. The number of thioether (sulfide) groups is 1. The van der Waals surface area contributed by atoms with Gasteiger partial charge in [0.05, 0.1) is 4.92 Å². The van der Waals surface area contributed by atoms with Crippen LogP contribution < -0.4 is 5.32 Å². The van der Waals surface area contributed by atoms with Gasteiger partial charge in [0, 0.05) is 31.1 Å². The van der Waals surface area contributed by atoms with Crippen LogP contribution in [0.4, 0.5) is 10.5 Å². The fraction of sp³-hybridized carbons (Fsp3) is 0.364. The van der Waals surface area contributed by atoms with Crippen molar-refractivity contribution >= 4 is 58.3 Å². The Morgan fingerprint density at radius 1 is 1.33 bits per heavy atom. The lowest BCUT2D eigenvalue weighted by Gasteiger charge is -2.26. The molecule has 0 radical (unpaired) electrons. The summed E-state index contributed by atoms with van der Waals surface area (Å²) in [6.45, 7) is 0. The third-order valence-corrected chi connectivity index (χ3v) is 4.55. The van der Waals surface area contributed by atoms with Crippen LogP contribution >= 0.6 is 46.6 Å². The number of rotatable bonds is 4. The minimum absolute atomic E-state index is 0.0397. The molecule has 1 rings (SSSR count). The van der Waals surface area contributed by atoms with Gasteiger partial charge in [-0.15, -0.1) is 0 Å². The Morgan fingerprint density at radius 2 is 1.86 bits per heavy atom. The van der Waals surface area contributed by atoms with E-state index in [1.165, 1.54) is 29.2 Å². The Bertz CT molecular complexity index is 520. The quantitative estimate of drug-likeness (QED) is 0.288. The Kier molecular flexibility index (Phi) is 6.40. The molecule has 21 heavy (non-hydrogen) atoms. The highest BCUT2D eigenvalue weighted by Gasteiger charge is 2.35. The van der Waals surface area contributed by atoms with Crippen molar-refractivity contribution in [3.63, 3.8) is 0 Å². The molecule has 0 aliphatic rings. The molecule has 1 aromatic rings. The first-order valence-corrected chi connectivity index (χ1v) is 7.58. The molecule has 0 aromatic heterocycles. The van der Waals surface area contributed by atoms with Crippen LogP contribution in [0.15, 0.2) is 29.2 Å². The first-order valence-electron chi connectivity index (χ1n) is 5.57. The van der Waals surface area contributed by atoms with E-state index < -0.39 is 20.1 Å². The van der Waals surface area contributed by atoms with E-state index in [2.05, 4.69) is 5.32 Å². The van der Waals surface area contributed by atoms with Crippen LogP contribution in [0.3, 0.4) is 0 Å². The zero-order valence-corrected chi connectivity index (χ0v) is 14.1. The lowest BCUT2D eigenvalue weighted by molar-refractivity contribution is -0.384. The summed E-state index contributed by atoms with van der Waals surface area (Å²) >= 11 is 18.6. The molecule has 1 N–H and O–H groups in total. The van der Waals surface area contributed by atoms with Crippen molar-refractivity contribution in [1.82, 2.24) is 10.2 Å². The van der Waals surface area contributed by atoms with Crippen LogP contribution in [0.2, 0.25) is 0 Å². The maximum absolute atomic E-state index is 11.7. The number of urea groups is 1. The maximum atomic E-state index is 11.7. The molecule has 0 saturated carbocycles. The summed E-state index contributed by atoms with van der Waals surface area (Å²) in [6.07, 6.45) is 0. The summed E-state index contributed by atoms with van der Waals surface area (Å²) in [5.41, 5.74) is -0.0397. The number of amides is 2. The smallest absolute Gasteiger partial charge is 0.317 e. The second kappa shape index (κ2) is 7.40. The van der Waals surface area contributed by atoms with Gasteiger partial charge in [0.1, 0.15) is 5.37 Å². The Balaban J connectivity index is 2.86.